The number of hydrogen-bond acceptors (Lipinski definition) is 2. The van der Waals surface area contributed by atoms with Crippen LogP contribution in [-0.4, -0.2) is 11.4 Å². The second-order valence-corrected chi connectivity index (χ2v) is 1.69. The molecule has 0 aliphatic carbocycles. The molecule has 4 heteroatoms. The number of rotatable bonds is 2. The molecule has 1 aromatic heterocycles. The van der Waals surface area contributed by atoms with Crippen molar-refractivity contribution in [3.63, 3.8) is 0 Å². The average molecular weight is 138 g/mol. The Morgan fingerprint density at radius 3 is 2.90 bits per heavy atom. The van der Waals surface area contributed by atoms with E-state index in [1.807, 2.05) is 0 Å². The van der Waals surface area contributed by atoms with Crippen LogP contribution in [0.4, 0.5) is 5.82 Å². The molecule has 1 aromatic rings. The van der Waals surface area contributed by atoms with Crippen molar-refractivity contribution in [1.82, 2.24) is 4.98 Å². The molecule has 52 valence electrons. The molecule has 0 aliphatic rings. The van der Waals surface area contributed by atoms with Crippen molar-refractivity contribution in [1.29, 1.82) is 0 Å². The lowest BCUT2D eigenvalue weighted by Crippen LogP contribution is -2.06. The third-order valence-electron chi connectivity index (χ3n) is 0.983. The lowest BCUT2D eigenvalue weighted by atomic mass is 10.5. The number of aromatic amines is 1. The van der Waals surface area contributed by atoms with Gasteiger partial charge in [-0.3, -0.25) is 9.59 Å². The Bertz CT molecular complexity index is 279. The van der Waals surface area contributed by atoms with Crippen molar-refractivity contribution in [3.8, 4) is 0 Å². The molecule has 0 fully saturated rings. The van der Waals surface area contributed by atoms with Gasteiger partial charge in [0.05, 0.1) is 0 Å². The van der Waals surface area contributed by atoms with E-state index in [1.54, 1.807) is 12.1 Å². The van der Waals surface area contributed by atoms with Gasteiger partial charge in [-0.2, -0.15) is 0 Å². The zero-order valence-electron chi connectivity index (χ0n) is 5.13. The molecule has 0 aliphatic heterocycles. The van der Waals surface area contributed by atoms with Crippen molar-refractivity contribution in [2.75, 3.05) is 5.32 Å². The molecule has 1 amide bonds. The molecule has 1 rings (SSSR count). The first-order valence-electron chi connectivity index (χ1n) is 2.72. The van der Waals surface area contributed by atoms with Gasteiger partial charge in [0.15, 0.2) is 0 Å². The Labute approximate surface area is 56.9 Å². The summed E-state index contributed by atoms with van der Waals surface area (Å²) in [6.07, 6.45) is 0.505. The first-order valence-corrected chi connectivity index (χ1v) is 2.72. The maximum atomic E-state index is 10.6. The van der Waals surface area contributed by atoms with Crippen LogP contribution in [0.2, 0.25) is 0 Å². The van der Waals surface area contributed by atoms with Crippen LogP contribution in [0.5, 0.6) is 0 Å². The highest BCUT2D eigenvalue weighted by Gasteiger charge is 1.86. The maximum Gasteiger partial charge on any atom is 0.249 e. The van der Waals surface area contributed by atoms with Gasteiger partial charge in [-0.15, -0.1) is 0 Å². The lowest BCUT2D eigenvalue weighted by Gasteiger charge is -1.93. The summed E-state index contributed by atoms with van der Waals surface area (Å²) < 4.78 is 0. The minimum atomic E-state index is -0.230. The van der Waals surface area contributed by atoms with Gasteiger partial charge in [0, 0.05) is 6.07 Å². The van der Waals surface area contributed by atoms with E-state index < -0.39 is 0 Å². The van der Waals surface area contributed by atoms with E-state index in [1.165, 1.54) is 6.07 Å². The molecule has 0 spiro atoms. The molecule has 10 heavy (non-hydrogen) atoms. The molecule has 0 atom stereocenters. The van der Waals surface area contributed by atoms with Crippen LogP contribution in [0.1, 0.15) is 0 Å². The number of carbonyl (C=O) groups excluding carboxylic acids is 1. The number of carbonyl (C=O) groups is 1. The molecule has 0 saturated carbocycles. The van der Waals surface area contributed by atoms with E-state index in [0.717, 1.165) is 0 Å². The highest BCUT2D eigenvalue weighted by Crippen LogP contribution is 1.92. The van der Waals surface area contributed by atoms with Gasteiger partial charge in [0.25, 0.3) is 0 Å². The van der Waals surface area contributed by atoms with Crippen molar-refractivity contribution in [2.24, 2.45) is 0 Å². The lowest BCUT2D eigenvalue weighted by molar-refractivity contribution is -0.105. The third kappa shape index (κ3) is 1.45. The van der Waals surface area contributed by atoms with Gasteiger partial charge in [0.1, 0.15) is 5.82 Å². The second-order valence-electron chi connectivity index (χ2n) is 1.69. The summed E-state index contributed by atoms with van der Waals surface area (Å²) in [7, 11) is 0. The highest BCUT2D eigenvalue weighted by molar-refractivity contribution is 5.68. The van der Waals surface area contributed by atoms with Gasteiger partial charge in [-0.25, -0.2) is 0 Å². The fraction of sp³-hybridized carbons (Fsp3) is 0. The number of hydrogen-bond donors (Lipinski definition) is 2. The number of nitrogens with one attached hydrogen (secondary N) is 2. The van der Waals surface area contributed by atoms with Crippen LogP contribution in [0.3, 0.4) is 0 Å². The molecule has 2 N–H and O–H groups in total. The van der Waals surface area contributed by atoms with Crippen LogP contribution in [0, 0.1) is 0 Å². The number of aromatic nitrogens is 1. The Hall–Kier alpha value is -1.58. The largest absolute Gasteiger partial charge is 0.315 e. The normalized spacial score (nSPS) is 8.80. The number of amides is 1. The van der Waals surface area contributed by atoms with Crippen molar-refractivity contribution < 1.29 is 4.79 Å². The number of anilines is 1. The van der Waals surface area contributed by atoms with Crippen molar-refractivity contribution in [2.45, 2.75) is 0 Å². The van der Waals surface area contributed by atoms with Gasteiger partial charge < -0.3 is 10.3 Å². The highest BCUT2D eigenvalue weighted by atomic mass is 16.1. The Morgan fingerprint density at radius 1 is 1.50 bits per heavy atom. The predicted octanol–water partition coefficient (Wildman–Crippen LogP) is -0.0568. The molecule has 0 saturated heterocycles. The molecule has 0 unspecified atom stereocenters. The standard InChI is InChI=1S/C6H6N2O2/c9-4-7-5-2-1-3-6(10)8-5/h1-4H,(H2,7,8,9,10). The molecule has 1 heterocycles. The van der Waals surface area contributed by atoms with Gasteiger partial charge in [0.2, 0.25) is 12.0 Å². The smallest absolute Gasteiger partial charge is 0.249 e. The summed E-state index contributed by atoms with van der Waals surface area (Å²) >= 11 is 0. The molecule has 0 aromatic carbocycles. The second kappa shape index (κ2) is 2.82. The van der Waals surface area contributed by atoms with Gasteiger partial charge >= 0.3 is 0 Å². The molecular formula is C6H6N2O2. The average Bonchev–Trinajstić information content (AvgIpc) is 1.88. The maximum absolute atomic E-state index is 10.6. The summed E-state index contributed by atoms with van der Waals surface area (Å²) in [5.41, 5.74) is -0.230. The van der Waals surface area contributed by atoms with E-state index in [0.29, 0.717) is 12.2 Å². The van der Waals surface area contributed by atoms with Crippen molar-refractivity contribution >= 4 is 12.2 Å². The summed E-state index contributed by atoms with van der Waals surface area (Å²) in [6, 6.07) is 4.52. The van der Waals surface area contributed by atoms with Gasteiger partial charge in [-0.05, 0) is 6.07 Å². The summed E-state index contributed by atoms with van der Waals surface area (Å²) in [5.74, 6) is 0.405. The predicted molar refractivity (Wildman–Crippen MR) is 36.7 cm³/mol. The van der Waals surface area contributed by atoms with Crippen LogP contribution in [-0.2, 0) is 4.79 Å². The number of pyridine rings is 1. The third-order valence-corrected chi connectivity index (χ3v) is 0.983. The van der Waals surface area contributed by atoms with E-state index in [2.05, 4.69) is 10.3 Å². The topological polar surface area (TPSA) is 62.0 Å². The molecular weight excluding hydrogens is 132 g/mol. The van der Waals surface area contributed by atoms with Crippen molar-refractivity contribution in [3.05, 3.63) is 28.6 Å². The fourth-order valence-electron chi connectivity index (χ4n) is 0.595. The monoisotopic (exact) mass is 138 g/mol. The molecule has 0 radical (unpaired) electrons. The first kappa shape index (κ1) is 6.54. The fourth-order valence-corrected chi connectivity index (χ4v) is 0.595. The minimum Gasteiger partial charge on any atom is -0.315 e. The van der Waals surface area contributed by atoms with Crippen LogP contribution < -0.4 is 10.9 Å². The summed E-state index contributed by atoms with van der Waals surface area (Å²) in [4.78, 5) is 22.8. The van der Waals surface area contributed by atoms with E-state index in [4.69, 9.17) is 0 Å². The molecule has 4 nitrogen and oxygen atoms in total. The Kier molecular flexibility index (Phi) is 1.84. The van der Waals surface area contributed by atoms with Crippen LogP contribution in [0.15, 0.2) is 23.0 Å². The molecule has 0 bridgehead atoms. The van der Waals surface area contributed by atoms with Crippen LogP contribution in [0.25, 0.3) is 0 Å². The zero-order valence-corrected chi connectivity index (χ0v) is 5.13. The van der Waals surface area contributed by atoms with Gasteiger partial charge in [-0.1, -0.05) is 6.07 Å². The van der Waals surface area contributed by atoms with Crippen LogP contribution >= 0.6 is 0 Å². The first-order chi connectivity index (χ1) is 4.83. The van der Waals surface area contributed by atoms with E-state index in [-0.39, 0.29) is 5.56 Å². The SMILES string of the molecule is O=CNc1cccc(=O)[nH]1. The summed E-state index contributed by atoms with van der Waals surface area (Å²) in [6.45, 7) is 0. The van der Waals surface area contributed by atoms with E-state index in [9.17, 15) is 9.59 Å². The Morgan fingerprint density at radius 2 is 2.30 bits per heavy atom. The zero-order chi connectivity index (χ0) is 7.40. The number of H-pyrrole nitrogens is 1. The summed E-state index contributed by atoms with van der Waals surface area (Å²) in [5, 5.41) is 2.31. The van der Waals surface area contributed by atoms with E-state index >= 15 is 0 Å². The Balaban J connectivity index is 2.95. The quantitative estimate of drug-likeness (QED) is 0.562. The minimum absolute atomic E-state index is 0.230.